The van der Waals surface area contributed by atoms with E-state index in [4.69, 9.17) is 10.8 Å². The van der Waals surface area contributed by atoms with Crippen LogP contribution in [0, 0.1) is 5.82 Å². The van der Waals surface area contributed by atoms with Gasteiger partial charge in [0.25, 0.3) is 0 Å². The Hall–Kier alpha value is -0.940. The molecule has 0 aliphatic carbocycles. The summed E-state index contributed by atoms with van der Waals surface area (Å²) in [7, 11) is 0. The number of rotatable bonds is 4. The lowest BCUT2D eigenvalue weighted by Crippen LogP contribution is -2.30. The first-order chi connectivity index (χ1) is 7.00. The normalized spacial score (nSPS) is 12.5. The first-order valence-electron chi connectivity index (χ1n) is 4.43. The Bertz CT molecular complexity index is 370. The number of nitrogens with two attached hydrogens (primary N) is 1. The van der Waals surface area contributed by atoms with Crippen LogP contribution in [0.25, 0.3) is 0 Å². The summed E-state index contributed by atoms with van der Waals surface area (Å²) in [5, 5.41) is 8.55. The maximum Gasteiger partial charge on any atom is 0.320 e. The largest absolute Gasteiger partial charge is 0.480 e. The molecule has 82 valence electrons. The molecule has 1 atom stereocenters. The summed E-state index contributed by atoms with van der Waals surface area (Å²) in [4.78, 5) is 10.4. The zero-order valence-corrected chi connectivity index (χ0v) is 9.50. The molecule has 1 rings (SSSR count). The van der Waals surface area contributed by atoms with Gasteiger partial charge in [-0.1, -0.05) is 6.07 Å². The molecule has 3 N–H and O–H groups in total. The Labute approximate surface area is 95.2 Å². The molecule has 15 heavy (non-hydrogen) atoms. The summed E-state index contributed by atoms with van der Waals surface area (Å²) in [6.07, 6.45) is 0.758. The number of hydrogen-bond donors (Lipinski definition) is 2. The minimum Gasteiger partial charge on any atom is -0.480 e. The van der Waals surface area contributed by atoms with E-state index in [2.05, 4.69) is 15.9 Å². The predicted molar refractivity (Wildman–Crippen MR) is 58.0 cm³/mol. The second-order valence-corrected chi connectivity index (χ2v) is 4.09. The van der Waals surface area contributed by atoms with Crippen LogP contribution in [0.4, 0.5) is 4.39 Å². The maximum absolute atomic E-state index is 13.1. The van der Waals surface area contributed by atoms with Crippen LogP contribution in [0.2, 0.25) is 0 Å². The SMILES string of the molecule is N[C@@H](CCc1ccc(Br)c(F)c1)C(=O)O. The quantitative estimate of drug-likeness (QED) is 0.883. The smallest absolute Gasteiger partial charge is 0.320 e. The van der Waals surface area contributed by atoms with Crippen molar-refractivity contribution in [2.24, 2.45) is 5.73 Å². The van der Waals surface area contributed by atoms with Crippen LogP contribution in [0.3, 0.4) is 0 Å². The van der Waals surface area contributed by atoms with Crippen LogP contribution in [0.15, 0.2) is 22.7 Å². The molecule has 0 fully saturated rings. The summed E-state index contributed by atoms with van der Waals surface area (Å²) in [5.74, 6) is -1.39. The minimum atomic E-state index is -1.03. The van der Waals surface area contributed by atoms with Gasteiger partial charge in [-0.2, -0.15) is 0 Å². The Morgan fingerprint density at radius 3 is 2.80 bits per heavy atom. The number of carboxylic acids is 1. The summed E-state index contributed by atoms with van der Waals surface area (Å²) in [5.41, 5.74) is 6.07. The van der Waals surface area contributed by atoms with E-state index in [-0.39, 0.29) is 5.82 Å². The standard InChI is InChI=1S/C10H11BrFNO2/c11-7-3-1-6(5-8(7)12)2-4-9(13)10(14)15/h1,3,5,9H,2,4,13H2,(H,14,15)/t9-/m0/s1. The van der Waals surface area contributed by atoms with Crippen molar-refractivity contribution in [2.45, 2.75) is 18.9 Å². The highest BCUT2D eigenvalue weighted by molar-refractivity contribution is 9.10. The Morgan fingerprint density at radius 1 is 1.60 bits per heavy atom. The first-order valence-corrected chi connectivity index (χ1v) is 5.22. The molecule has 1 aromatic carbocycles. The highest BCUT2D eigenvalue weighted by Gasteiger charge is 2.11. The van der Waals surface area contributed by atoms with Crippen LogP contribution in [-0.2, 0) is 11.2 Å². The van der Waals surface area contributed by atoms with E-state index in [0.29, 0.717) is 17.3 Å². The third-order valence-corrected chi connectivity index (χ3v) is 2.69. The molecule has 0 spiro atoms. The molecule has 0 radical (unpaired) electrons. The van der Waals surface area contributed by atoms with Gasteiger partial charge in [-0.15, -0.1) is 0 Å². The van der Waals surface area contributed by atoms with Crippen molar-refractivity contribution in [3.05, 3.63) is 34.1 Å². The summed E-state index contributed by atoms with van der Waals surface area (Å²) in [6, 6.07) is 3.81. The first kappa shape index (κ1) is 12.1. The van der Waals surface area contributed by atoms with E-state index in [1.54, 1.807) is 12.1 Å². The van der Waals surface area contributed by atoms with Crippen molar-refractivity contribution in [3.63, 3.8) is 0 Å². The molecule has 0 aromatic heterocycles. The average molecular weight is 276 g/mol. The molecule has 0 amide bonds. The van der Waals surface area contributed by atoms with E-state index in [1.165, 1.54) is 6.07 Å². The molecule has 0 unspecified atom stereocenters. The fourth-order valence-electron chi connectivity index (χ4n) is 1.14. The van der Waals surface area contributed by atoms with Gasteiger partial charge in [0.1, 0.15) is 11.9 Å². The molecule has 5 heteroatoms. The average Bonchev–Trinajstić information content (AvgIpc) is 2.19. The Morgan fingerprint density at radius 2 is 2.27 bits per heavy atom. The van der Waals surface area contributed by atoms with Crippen LogP contribution in [0.5, 0.6) is 0 Å². The van der Waals surface area contributed by atoms with E-state index in [1.807, 2.05) is 0 Å². The molecule has 0 saturated heterocycles. The molecule has 0 aliphatic rings. The monoisotopic (exact) mass is 275 g/mol. The zero-order valence-electron chi connectivity index (χ0n) is 7.91. The molecule has 0 aliphatic heterocycles. The molecule has 0 heterocycles. The van der Waals surface area contributed by atoms with Crippen LogP contribution >= 0.6 is 15.9 Å². The third-order valence-electron chi connectivity index (χ3n) is 2.05. The lowest BCUT2D eigenvalue weighted by Gasteiger charge is -2.06. The number of aliphatic carboxylic acids is 1. The van der Waals surface area contributed by atoms with Gasteiger partial charge in [0, 0.05) is 0 Å². The zero-order chi connectivity index (χ0) is 11.4. The van der Waals surface area contributed by atoms with Crippen LogP contribution < -0.4 is 5.73 Å². The third kappa shape index (κ3) is 3.60. The van der Waals surface area contributed by atoms with Gasteiger partial charge in [-0.3, -0.25) is 4.79 Å². The molecule has 1 aromatic rings. The van der Waals surface area contributed by atoms with E-state index in [9.17, 15) is 9.18 Å². The van der Waals surface area contributed by atoms with Crippen molar-refractivity contribution in [2.75, 3.05) is 0 Å². The number of carbonyl (C=O) groups is 1. The minimum absolute atomic E-state index is 0.302. The predicted octanol–water partition coefficient (Wildman–Crippen LogP) is 1.93. The fraction of sp³-hybridized carbons (Fsp3) is 0.300. The van der Waals surface area contributed by atoms with Gasteiger partial charge < -0.3 is 10.8 Å². The number of hydrogen-bond acceptors (Lipinski definition) is 2. The summed E-state index contributed by atoms with van der Waals surface area (Å²) in [6.45, 7) is 0. The number of carboxylic acid groups (broad SMARTS) is 1. The topological polar surface area (TPSA) is 63.3 Å². The van der Waals surface area contributed by atoms with Crippen molar-refractivity contribution in [3.8, 4) is 0 Å². The fourth-order valence-corrected chi connectivity index (χ4v) is 1.39. The van der Waals surface area contributed by atoms with E-state index in [0.717, 1.165) is 5.56 Å². The van der Waals surface area contributed by atoms with Crippen LogP contribution in [0.1, 0.15) is 12.0 Å². The Balaban J connectivity index is 2.58. The molecular weight excluding hydrogens is 265 g/mol. The van der Waals surface area contributed by atoms with Gasteiger partial charge in [-0.05, 0) is 46.5 Å². The highest BCUT2D eigenvalue weighted by Crippen LogP contribution is 2.17. The van der Waals surface area contributed by atoms with Gasteiger partial charge in [-0.25, -0.2) is 4.39 Å². The van der Waals surface area contributed by atoms with Crippen molar-refractivity contribution >= 4 is 21.9 Å². The van der Waals surface area contributed by atoms with Gasteiger partial charge in [0.2, 0.25) is 0 Å². The molecule has 0 saturated carbocycles. The number of halogens is 2. The lowest BCUT2D eigenvalue weighted by atomic mass is 10.1. The van der Waals surface area contributed by atoms with E-state index >= 15 is 0 Å². The van der Waals surface area contributed by atoms with E-state index < -0.39 is 12.0 Å². The molecule has 0 bridgehead atoms. The van der Waals surface area contributed by atoms with Gasteiger partial charge >= 0.3 is 5.97 Å². The number of aryl methyl sites for hydroxylation is 1. The molecule has 3 nitrogen and oxygen atoms in total. The molecular formula is C10H11BrFNO2. The van der Waals surface area contributed by atoms with Crippen LogP contribution in [-0.4, -0.2) is 17.1 Å². The highest BCUT2D eigenvalue weighted by atomic mass is 79.9. The summed E-state index contributed by atoms with van der Waals surface area (Å²) < 4.78 is 13.5. The Kier molecular flexibility index (Phi) is 4.23. The number of benzene rings is 1. The second kappa shape index (κ2) is 5.23. The second-order valence-electron chi connectivity index (χ2n) is 3.23. The van der Waals surface area contributed by atoms with Gasteiger partial charge in [0.15, 0.2) is 0 Å². The maximum atomic E-state index is 13.1. The summed E-state index contributed by atoms with van der Waals surface area (Å²) >= 11 is 3.04. The van der Waals surface area contributed by atoms with Crippen molar-refractivity contribution in [1.82, 2.24) is 0 Å². The van der Waals surface area contributed by atoms with Crippen molar-refractivity contribution < 1.29 is 14.3 Å². The van der Waals surface area contributed by atoms with Gasteiger partial charge in [0.05, 0.1) is 4.47 Å². The lowest BCUT2D eigenvalue weighted by molar-refractivity contribution is -0.138. The van der Waals surface area contributed by atoms with Crippen molar-refractivity contribution in [1.29, 1.82) is 0 Å².